The van der Waals surface area contributed by atoms with Crippen molar-refractivity contribution in [2.24, 2.45) is 35.0 Å². The lowest BCUT2D eigenvalue weighted by atomic mass is 9.83. The van der Waals surface area contributed by atoms with Crippen molar-refractivity contribution in [1.82, 2.24) is 0 Å². The molecule has 7 saturated heterocycles. The van der Waals surface area contributed by atoms with E-state index in [9.17, 15) is 28.8 Å². The maximum absolute atomic E-state index is 10.8. The Labute approximate surface area is 315 Å². The van der Waals surface area contributed by atoms with Crippen LogP contribution in [0.1, 0.15) is 114 Å². The van der Waals surface area contributed by atoms with Gasteiger partial charge in [0.1, 0.15) is 12.7 Å². The van der Waals surface area contributed by atoms with Gasteiger partial charge in [-0.3, -0.25) is 28.8 Å². The first-order valence-corrected chi connectivity index (χ1v) is 18.8. The number of carbonyl (C=O) groups is 6. The van der Waals surface area contributed by atoms with Gasteiger partial charge in [0.2, 0.25) is 0 Å². The molecule has 7 aliphatic heterocycles. The lowest BCUT2D eigenvalue weighted by molar-refractivity contribution is -0.152. The van der Waals surface area contributed by atoms with Gasteiger partial charge < -0.3 is 37.9 Å². The van der Waals surface area contributed by atoms with Gasteiger partial charge in [0.25, 0.3) is 5.95 Å². The molecule has 0 aromatic heterocycles. The van der Waals surface area contributed by atoms with Crippen LogP contribution in [0.15, 0.2) is 12.5 Å². The second-order valence-corrected chi connectivity index (χ2v) is 15.2. The van der Waals surface area contributed by atoms with Gasteiger partial charge in [-0.1, -0.05) is 48.5 Å². The third-order valence-corrected chi connectivity index (χ3v) is 9.09. The molecule has 0 radical (unpaired) electrons. The summed E-state index contributed by atoms with van der Waals surface area (Å²) in [6, 6.07) is 0. The molecule has 7 aliphatic rings. The summed E-state index contributed by atoms with van der Waals surface area (Å²) in [5.41, 5.74) is 0.0527. The van der Waals surface area contributed by atoms with Crippen molar-refractivity contribution in [2.45, 2.75) is 132 Å². The van der Waals surface area contributed by atoms with Crippen molar-refractivity contribution in [3.63, 3.8) is 0 Å². The number of carbonyl (C=O) groups excluding carboxylic acids is 6. The summed E-state index contributed by atoms with van der Waals surface area (Å²) in [5.74, 6) is 1.13. The molecule has 0 N–H and O–H groups in total. The summed E-state index contributed by atoms with van der Waals surface area (Å²) in [7, 11) is 0. The molecular formula is C39H64O14. The highest BCUT2D eigenvalue weighted by molar-refractivity contribution is 5.75. The van der Waals surface area contributed by atoms with Gasteiger partial charge >= 0.3 is 35.8 Å². The van der Waals surface area contributed by atoms with Crippen molar-refractivity contribution in [1.29, 1.82) is 0 Å². The fraction of sp³-hybridized carbons (Fsp3) is 0.795. The quantitative estimate of drug-likeness (QED) is 0.212. The van der Waals surface area contributed by atoms with Crippen molar-refractivity contribution >= 4 is 35.8 Å². The number of ether oxygens (including phenoxy) is 8. The number of esters is 6. The van der Waals surface area contributed by atoms with E-state index in [2.05, 4.69) is 16.1 Å². The molecule has 7 fully saturated rings. The Morgan fingerprint density at radius 3 is 1.36 bits per heavy atom. The molecule has 53 heavy (non-hydrogen) atoms. The van der Waals surface area contributed by atoms with Crippen LogP contribution in [0.3, 0.4) is 0 Å². The minimum Gasteiger partial charge on any atom is -0.465 e. The average molecular weight is 757 g/mol. The van der Waals surface area contributed by atoms with Crippen LogP contribution in [0.25, 0.3) is 0 Å². The molecule has 0 aromatic carbocycles. The first-order valence-electron chi connectivity index (χ1n) is 18.8. The zero-order valence-electron chi connectivity index (χ0n) is 33.5. The van der Waals surface area contributed by atoms with Crippen LogP contribution >= 0.6 is 0 Å². The maximum atomic E-state index is 10.8. The largest absolute Gasteiger partial charge is 0.465 e. The molecular weight excluding hydrogens is 692 g/mol. The number of hydrogen-bond acceptors (Lipinski definition) is 14. The van der Waals surface area contributed by atoms with E-state index in [-0.39, 0.29) is 83.2 Å². The normalized spacial score (nSPS) is 31.5. The summed E-state index contributed by atoms with van der Waals surface area (Å²) < 4.78 is 38.2. The minimum absolute atomic E-state index is 0.0312. The van der Waals surface area contributed by atoms with Crippen molar-refractivity contribution < 1.29 is 66.7 Å². The second kappa shape index (κ2) is 23.7. The molecule has 304 valence electrons. The topological polar surface area (TPSA) is 176 Å². The van der Waals surface area contributed by atoms with E-state index in [0.29, 0.717) is 57.7 Å². The van der Waals surface area contributed by atoms with Gasteiger partial charge in [0, 0.05) is 17.8 Å². The molecule has 14 heteroatoms. The van der Waals surface area contributed by atoms with Crippen LogP contribution in [0.5, 0.6) is 0 Å². The molecule has 7 heterocycles. The Balaban J connectivity index is 0.000000310. The van der Waals surface area contributed by atoms with Crippen LogP contribution in [-0.2, 0) is 66.7 Å². The van der Waals surface area contributed by atoms with Crippen LogP contribution < -0.4 is 0 Å². The van der Waals surface area contributed by atoms with Gasteiger partial charge in [0.15, 0.2) is 0 Å². The smallest absolute Gasteiger partial charge is 0.309 e. The molecule has 8 atom stereocenters. The average Bonchev–Trinajstić information content (AvgIpc) is 3.94. The molecule has 0 bridgehead atoms. The highest BCUT2D eigenvalue weighted by Crippen LogP contribution is 2.33. The highest BCUT2D eigenvalue weighted by Gasteiger charge is 2.39. The Morgan fingerprint density at radius 1 is 0.566 bits per heavy atom. The molecule has 0 spiro atoms. The molecule has 0 aliphatic carbocycles. The number of hydrogen-bond donors (Lipinski definition) is 0. The summed E-state index contributed by atoms with van der Waals surface area (Å²) in [4.78, 5) is 62.7. The van der Waals surface area contributed by atoms with E-state index < -0.39 is 0 Å². The predicted octanol–water partition coefficient (Wildman–Crippen LogP) is 5.87. The van der Waals surface area contributed by atoms with Crippen molar-refractivity contribution in [3.8, 4) is 0 Å². The third kappa shape index (κ3) is 19.7. The van der Waals surface area contributed by atoms with Gasteiger partial charge in [-0.25, -0.2) is 0 Å². The maximum Gasteiger partial charge on any atom is 0.309 e. The van der Waals surface area contributed by atoms with Crippen molar-refractivity contribution in [2.75, 3.05) is 33.0 Å². The molecule has 0 saturated carbocycles. The van der Waals surface area contributed by atoms with E-state index in [0.717, 1.165) is 32.1 Å². The van der Waals surface area contributed by atoms with Crippen LogP contribution in [0, 0.1) is 35.0 Å². The SMILES string of the molecule is C=C1OCC(C)O1.CC1C(=O)OCC1(C)C.CC1CC(C)C(=O)O1.CC1CCC(=O)O1.CC1CCCOC1=O.CC1CCOC1=O.CC1COC(=O)C1. The van der Waals surface area contributed by atoms with Crippen LogP contribution in [0.4, 0.5) is 0 Å². The van der Waals surface area contributed by atoms with E-state index in [1.54, 1.807) is 0 Å². The Morgan fingerprint density at radius 2 is 1.19 bits per heavy atom. The van der Waals surface area contributed by atoms with Gasteiger partial charge in [-0.15, -0.1) is 0 Å². The molecule has 0 amide bonds. The van der Waals surface area contributed by atoms with Crippen molar-refractivity contribution in [3.05, 3.63) is 12.5 Å². The van der Waals surface area contributed by atoms with E-state index in [1.807, 2.05) is 69.2 Å². The third-order valence-electron chi connectivity index (χ3n) is 9.09. The summed E-state index contributed by atoms with van der Waals surface area (Å²) in [6.07, 6.45) is 6.47. The van der Waals surface area contributed by atoms with Crippen LogP contribution in [-0.4, -0.2) is 87.2 Å². The zero-order chi connectivity index (χ0) is 40.3. The van der Waals surface area contributed by atoms with E-state index in [4.69, 9.17) is 28.4 Å². The van der Waals surface area contributed by atoms with Gasteiger partial charge in [0.05, 0.1) is 68.7 Å². The Kier molecular flexibility index (Phi) is 21.1. The van der Waals surface area contributed by atoms with Crippen LogP contribution in [0.2, 0.25) is 0 Å². The fourth-order valence-electron chi connectivity index (χ4n) is 5.01. The zero-order valence-corrected chi connectivity index (χ0v) is 33.5. The second-order valence-electron chi connectivity index (χ2n) is 15.2. The minimum atomic E-state index is -0.0556. The Hall–Kier alpha value is -3.84. The fourth-order valence-corrected chi connectivity index (χ4v) is 5.01. The summed E-state index contributed by atoms with van der Waals surface area (Å²) in [5, 5.41) is 0. The Bertz CT molecular complexity index is 1150. The lowest BCUT2D eigenvalue weighted by Crippen LogP contribution is -2.20. The number of rotatable bonds is 0. The first-order chi connectivity index (χ1) is 24.7. The summed E-state index contributed by atoms with van der Waals surface area (Å²) in [6.45, 7) is 26.0. The lowest BCUT2D eigenvalue weighted by Gasteiger charge is -2.16. The van der Waals surface area contributed by atoms with E-state index >= 15 is 0 Å². The molecule has 14 nitrogen and oxygen atoms in total. The van der Waals surface area contributed by atoms with Gasteiger partial charge in [-0.2, -0.15) is 0 Å². The van der Waals surface area contributed by atoms with Gasteiger partial charge in [-0.05, 0) is 59.5 Å². The highest BCUT2D eigenvalue weighted by atomic mass is 16.7. The molecule has 7 rings (SSSR count). The van der Waals surface area contributed by atoms with E-state index in [1.165, 1.54) is 0 Å². The molecule has 0 aromatic rings. The molecule has 8 unspecified atom stereocenters. The summed E-state index contributed by atoms with van der Waals surface area (Å²) >= 11 is 0. The number of cyclic esters (lactones) is 6. The monoisotopic (exact) mass is 756 g/mol. The predicted molar refractivity (Wildman–Crippen MR) is 193 cm³/mol. The first kappa shape index (κ1) is 47.2. The standard InChI is InChI=1S/C7H12O2.2C6H10O2.4C5H8O2/c1-5-6(8)9-4-7(5,2)3;1-4-3-5(2)8-6(4)7;1-5-3-2-4-8-6(5)7;1-4-3-6-5(2)7-4;1-4-2-5(6)7-3-4;1-4-2-3-7-5(4)6;1-4-2-3-5(6)7-4/h5H,4H2,1-3H3;4-5H,3H2,1-2H3;5H,2-4H2,1H3;4*4H,2-3H2,1H3.